The molecule has 0 atom stereocenters. The maximum Gasteiger partial charge on any atom is 0.315 e. The van der Waals surface area contributed by atoms with Crippen molar-refractivity contribution in [2.75, 3.05) is 6.54 Å². The van der Waals surface area contributed by atoms with E-state index in [1.807, 2.05) is 12.1 Å². The first kappa shape index (κ1) is 14.4. The third-order valence-corrected chi connectivity index (χ3v) is 4.68. The molecule has 0 bridgehead atoms. The second-order valence-corrected chi connectivity index (χ2v) is 6.51. The van der Waals surface area contributed by atoms with Gasteiger partial charge in [-0.15, -0.1) is 0 Å². The SMILES string of the molecule is O=C(NCC1(O)Cc2ccccc2C1)NC1CCCCC1. The summed E-state index contributed by atoms with van der Waals surface area (Å²) in [6, 6.07) is 8.24. The van der Waals surface area contributed by atoms with Gasteiger partial charge in [0.2, 0.25) is 0 Å². The van der Waals surface area contributed by atoms with E-state index in [0.717, 1.165) is 12.8 Å². The van der Waals surface area contributed by atoms with Crippen LogP contribution in [0.4, 0.5) is 4.79 Å². The second-order valence-electron chi connectivity index (χ2n) is 6.51. The van der Waals surface area contributed by atoms with Crippen LogP contribution in [0.1, 0.15) is 43.2 Å². The number of benzene rings is 1. The molecule has 2 aliphatic rings. The fourth-order valence-corrected chi connectivity index (χ4v) is 3.53. The summed E-state index contributed by atoms with van der Waals surface area (Å²) in [5.41, 5.74) is 1.54. The Morgan fingerprint density at radius 2 is 1.76 bits per heavy atom. The molecule has 3 N–H and O–H groups in total. The summed E-state index contributed by atoms with van der Waals surface area (Å²) in [5.74, 6) is 0. The number of aliphatic hydroxyl groups is 1. The lowest BCUT2D eigenvalue weighted by Crippen LogP contribution is -2.49. The van der Waals surface area contributed by atoms with Gasteiger partial charge in [0.25, 0.3) is 0 Å². The zero-order valence-electron chi connectivity index (χ0n) is 12.4. The highest BCUT2D eigenvalue weighted by atomic mass is 16.3. The Labute approximate surface area is 125 Å². The predicted octanol–water partition coefficient (Wildman–Crippen LogP) is 2.15. The quantitative estimate of drug-likeness (QED) is 0.798. The highest BCUT2D eigenvalue weighted by Crippen LogP contribution is 2.29. The number of urea groups is 1. The van der Waals surface area contributed by atoms with Crippen LogP contribution in [0.2, 0.25) is 0 Å². The first-order valence-corrected chi connectivity index (χ1v) is 7.98. The van der Waals surface area contributed by atoms with Crippen LogP contribution in [0.5, 0.6) is 0 Å². The number of carbonyl (C=O) groups is 1. The highest BCUT2D eigenvalue weighted by molar-refractivity contribution is 5.74. The van der Waals surface area contributed by atoms with E-state index in [-0.39, 0.29) is 6.03 Å². The van der Waals surface area contributed by atoms with Gasteiger partial charge >= 0.3 is 6.03 Å². The molecule has 1 aromatic carbocycles. The lowest BCUT2D eigenvalue weighted by molar-refractivity contribution is 0.0534. The molecule has 2 amide bonds. The van der Waals surface area contributed by atoms with Crippen molar-refractivity contribution in [3.8, 4) is 0 Å². The van der Waals surface area contributed by atoms with Crippen LogP contribution in [0, 0.1) is 0 Å². The average molecular weight is 288 g/mol. The van der Waals surface area contributed by atoms with Crippen molar-refractivity contribution in [1.29, 1.82) is 0 Å². The van der Waals surface area contributed by atoms with Gasteiger partial charge < -0.3 is 15.7 Å². The number of carbonyl (C=O) groups excluding carboxylic acids is 1. The molecule has 3 rings (SSSR count). The van der Waals surface area contributed by atoms with Crippen molar-refractivity contribution in [1.82, 2.24) is 10.6 Å². The average Bonchev–Trinajstić information content (AvgIpc) is 2.83. The molecular weight excluding hydrogens is 264 g/mol. The summed E-state index contributed by atoms with van der Waals surface area (Å²) in [4.78, 5) is 11.9. The monoisotopic (exact) mass is 288 g/mol. The number of nitrogens with one attached hydrogen (secondary N) is 2. The number of amides is 2. The molecule has 1 aromatic rings. The zero-order valence-corrected chi connectivity index (χ0v) is 12.4. The van der Waals surface area contributed by atoms with Crippen molar-refractivity contribution in [2.24, 2.45) is 0 Å². The van der Waals surface area contributed by atoms with E-state index in [4.69, 9.17) is 0 Å². The molecule has 2 aliphatic carbocycles. The van der Waals surface area contributed by atoms with Gasteiger partial charge in [0.05, 0.1) is 5.60 Å². The molecule has 1 saturated carbocycles. The number of fused-ring (bicyclic) bond motifs is 1. The van der Waals surface area contributed by atoms with Crippen LogP contribution in [0.3, 0.4) is 0 Å². The second kappa shape index (κ2) is 6.06. The van der Waals surface area contributed by atoms with Gasteiger partial charge in [-0.25, -0.2) is 4.79 Å². The Bertz CT molecular complexity index is 484. The molecule has 1 fully saturated rings. The van der Waals surface area contributed by atoms with Crippen LogP contribution < -0.4 is 10.6 Å². The van der Waals surface area contributed by atoms with Crippen LogP contribution in [-0.4, -0.2) is 29.3 Å². The van der Waals surface area contributed by atoms with Gasteiger partial charge in [-0.3, -0.25) is 0 Å². The highest BCUT2D eigenvalue weighted by Gasteiger charge is 2.35. The zero-order chi connectivity index (χ0) is 14.7. The van der Waals surface area contributed by atoms with Crippen molar-refractivity contribution in [2.45, 2.75) is 56.6 Å². The Kier molecular flexibility index (Phi) is 4.15. The van der Waals surface area contributed by atoms with Crippen LogP contribution in [-0.2, 0) is 12.8 Å². The smallest absolute Gasteiger partial charge is 0.315 e. The van der Waals surface area contributed by atoms with Crippen LogP contribution >= 0.6 is 0 Å². The molecule has 4 nitrogen and oxygen atoms in total. The standard InChI is InChI=1S/C17H24N2O2/c20-16(19-15-8-2-1-3-9-15)18-12-17(21)10-13-6-4-5-7-14(13)11-17/h4-7,15,21H,1-3,8-12H2,(H2,18,19,20). The van der Waals surface area contributed by atoms with E-state index in [9.17, 15) is 9.90 Å². The third-order valence-electron chi connectivity index (χ3n) is 4.68. The Morgan fingerprint density at radius 3 is 2.38 bits per heavy atom. The molecule has 0 heterocycles. The van der Waals surface area contributed by atoms with Gasteiger partial charge in [0.1, 0.15) is 0 Å². The first-order valence-electron chi connectivity index (χ1n) is 7.98. The molecule has 0 spiro atoms. The third kappa shape index (κ3) is 3.56. The number of hydrogen-bond acceptors (Lipinski definition) is 2. The first-order chi connectivity index (χ1) is 10.1. The van der Waals surface area contributed by atoms with E-state index in [1.165, 1.54) is 30.4 Å². The van der Waals surface area contributed by atoms with Gasteiger partial charge in [-0.2, -0.15) is 0 Å². The Morgan fingerprint density at radius 1 is 1.14 bits per heavy atom. The van der Waals surface area contributed by atoms with Crippen LogP contribution in [0.25, 0.3) is 0 Å². The number of hydrogen-bond donors (Lipinski definition) is 3. The van der Waals surface area contributed by atoms with E-state index >= 15 is 0 Å². The molecule has 21 heavy (non-hydrogen) atoms. The molecule has 4 heteroatoms. The summed E-state index contributed by atoms with van der Waals surface area (Å²) in [5, 5.41) is 16.5. The van der Waals surface area contributed by atoms with E-state index in [1.54, 1.807) is 0 Å². The fraction of sp³-hybridized carbons (Fsp3) is 0.588. The summed E-state index contributed by atoms with van der Waals surface area (Å²) < 4.78 is 0. The molecule has 0 radical (unpaired) electrons. The summed E-state index contributed by atoms with van der Waals surface area (Å²) in [7, 11) is 0. The van der Waals surface area contributed by atoms with Gasteiger partial charge in [0, 0.05) is 25.4 Å². The maximum atomic E-state index is 11.9. The minimum atomic E-state index is -0.840. The maximum absolute atomic E-state index is 11.9. The molecular formula is C17H24N2O2. The molecule has 0 saturated heterocycles. The van der Waals surface area contributed by atoms with Crippen LogP contribution in [0.15, 0.2) is 24.3 Å². The van der Waals surface area contributed by atoms with Gasteiger partial charge in [-0.1, -0.05) is 43.5 Å². The van der Waals surface area contributed by atoms with E-state index < -0.39 is 5.60 Å². The Balaban J connectivity index is 1.48. The molecule has 0 aromatic heterocycles. The fourth-order valence-electron chi connectivity index (χ4n) is 3.53. The molecule has 0 aliphatic heterocycles. The lowest BCUT2D eigenvalue weighted by atomic mass is 9.96. The van der Waals surface area contributed by atoms with Gasteiger partial charge in [0.15, 0.2) is 0 Å². The number of rotatable bonds is 3. The van der Waals surface area contributed by atoms with Crippen molar-refractivity contribution in [3.63, 3.8) is 0 Å². The normalized spacial score (nSPS) is 20.8. The lowest BCUT2D eigenvalue weighted by Gasteiger charge is -2.26. The van der Waals surface area contributed by atoms with Crippen molar-refractivity contribution >= 4 is 6.03 Å². The van der Waals surface area contributed by atoms with Crippen molar-refractivity contribution in [3.05, 3.63) is 35.4 Å². The minimum Gasteiger partial charge on any atom is -0.387 e. The van der Waals surface area contributed by atoms with Crippen molar-refractivity contribution < 1.29 is 9.90 Å². The van der Waals surface area contributed by atoms with Gasteiger partial charge in [-0.05, 0) is 24.0 Å². The summed E-state index contributed by atoms with van der Waals surface area (Å²) in [6.07, 6.45) is 7.05. The summed E-state index contributed by atoms with van der Waals surface area (Å²) >= 11 is 0. The molecule has 0 unspecified atom stereocenters. The predicted molar refractivity (Wildman–Crippen MR) is 82.2 cm³/mol. The topological polar surface area (TPSA) is 61.4 Å². The van der Waals surface area contributed by atoms with E-state index in [0.29, 0.717) is 25.4 Å². The Hall–Kier alpha value is -1.55. The molecule has 114 valence electrons. The van der Waals surface area contributed by atoms with E-state index in [2.05, 4.69) is 22.8 Å². The summed E-state index contributed by atoms with van der Waals surface area (Å²) in [6.45, 7) is 0.306. The largest absolute Gasteiger partial charge is 0.387 e. The minimum absolute atomic E-state index is 0.147.